The number of para-hydroxylation sites is 1. The molecule has 1 nitrogen and oxygen atoms in total. The van der Waals surface area contributed by atoms with E-state index in [1.54, 1.807) is 0 Å². The van der Waals surface area contributed by atoms with Gasteiger partial charge in [0.25, 0.3) is 0 Å². The van der Waals surface area contributed by atoms with Crippen molar-refractivity contribution in [3.8, 4) is 0 Å². The maximum absolute atomic E-state index is 2.33. The minimum atomic E-state index is 0. The van der Waals surface area contributed by atoms with E-state index in [4.69, 9.17) is 0 Å². The Morgan fingerprint density at radius 2 is 2.00 bits per heavy atom. The molecule has 0 bridgehead atoms. The van der Waals surface area contributed by atoms with Crippen LogP contribution >= 0.6 is 24.0 Å². The Bertz CT molecular complexity index is 260. The first-order valence-corrected chi connectivity index (χ1v) is 4.17. The summed E-state index contributed by atoms with van der Waals surface area (Å²) >= 11 is 0. The first kappa shape index (κ1) is 9.84. The van der Waals surface area contributed by atoms with Crippen LogP contribution < -0.4 is 4.90 Å². The van der Waals surface area contributed by atoms with E-state index in [-0.39, 0.29) is 24.0 Å². The molecule has 0 saturated heterocycles. The Hall–Kier alpha value is -0.250. The molecule has 0 N–H and O–H groups in total. The summed E-state index contributed by atoms with van der Waals surface area (Å²) in [6.45, 7) is 1.21. The molecule has 2 heteroatoms. The number of fused-ring (bicyclic) bond motifs is 1. The zero-order valence-corrected chi connectivity index (χ0v) is 9.62. The second-order valence-electron chi connectivity index (χ2n) is 3.15. The van der Waals surface area contributed by atoms with Crippen molar-refractivity contribution in [1.82, 2.24) is 0 Å². The highest BCUT2D eigenvalue weighted by Crippen LogP contribution is 2.24. The van der Waals surface area contributed by atoms with Crippen LogP contribution in [0.2, 0.25) is 0 Å². The van der Waals surface area contributed by atoms with Gasteiger partial charge < -0.3 is 4.90 Å². The highest BCUT2D eigenvalue weighted by molar-refractivity contribution is 14.0. The molecule has 66 valence electrons. The van der Waals surface area contributed by atoms with Crippen LogP contribution in [0.15, 0.2) is 24.3 Å². The van der Waals surface area contributed by atoms with Crippen molar-refractivity contribution in [3.63, 3.8) is 0 Å². The van der Waals surface area contributed by atoms with Crippen molar-refractivity contribution in [1.29, 1.82) is 0 Å². The summed E-state index contributed by atoms with van der Waals surface area (Å²) in [5.41, 5.74) is 2.92. The van der Waals surface area contributed by atoms with Crippen molar-refractivity contribution in [2.75, 3.05) is 18.5 Å². The lowest BCUT2D eigenvalue weighted by molar-refractivity contribution is 0.744. The molecule has 0 spiro atoms. The standard InChI is InChI=1S/C10H13N.HI/c1-11-8-4-6-9-5-2-3-7-10(9)11;/h2-3,5,7H,4,6,8H2,1H3;1H. The van der Waals surface area contributed by atoms with E-state index in [1.165, 1.54) is 30.6 Å². The van der Waals surface area contributed by atoms with Crippen molar-refractivity contribution in [2.24, 2.45) is 0 Å². The Morgan fingerprint density at radius 3 is 2.75 bits per heavy atom. The topological polar surface area (TPSA) is 3.24 Å². The maximum Gasteiger partial charge on any atom is 0.0396 e. The average Bonchev–Trinajstić information content (AvgIpc) is 2.06. The molecule has 0 atom stereocenters. The van der Waals surface area contributed by atoms with Crippen molar-refractivity contribution < 1.29 is 0 Å². The predicted molar refractivity (Wildman–Crippen MR) is 63.4 cm³/mol. The Balaban J connectivity index is 0.000000720. The van der Waals surface area contributed by atoms with Crippen molar-refractivity contribution in [2.45, 2.75) is 12.8 Å². The molecule has 1 aliphatic heterocycles. The molecule has 1 aliphatic rings. The quantitative estimate of drug-likeness (QED) is 0.658. The van der Waals surface area contributed by atoms with Crippen LogP contribution in [0.4, 0.5) is 5.69 Å². The number of hydrogen-bond acceptors (Lipinski definition) is 1. The van der Waals surface area contributed by atoms with Crippen molar-refractivity contribution in [3.05, 3.63) is 29.8 Å². The molecule has 1 aromatic carbocycles. The molecule has 0 radical (unpaired) electrons. The number of benzene rings is 1. The lowest BCUT2D eigenvalue weighted by atomic mass is 10.0. The Kier molecular flexibility index (Phi) is 3.38. The second-order valence-corrected chi connectivity index (χ2v) is 3.15. The third-order valence-electron chi connectivity index (χ3n) is 2.34. The van der Waals surface area contributed by atoms with Gasteiger partial charge in [-0.15, -0.1) is 24.0 Å². The van der Waals surface area contributed by atoms with Gasteiger partial charge in [-0.2, -0.15) is 0 Å². The summed E-state index contributed by atoms with van der Waals surface area (Å²) in [5.74, 6) is 0. The molecule has 0 aliphatic carbocycles. The Labute approximate surface area is 90.8 Å². The van der Waals surface area contributed by atoms with Gasteiger partial charge in [0, 0.05) is 19.3 Å². The van der Waals surface area contributed by atoms with Crippen LogP contribution in [0, 0.1) is 0 Å². The van der Waals surface area contributed by atoms with Gasteiger partial charge in [0.05, 0.1) is 0 Å². The van der Waals surface area contributed by atoms with E-state index >= 15 is 0 Å². The smallest absolute Gasteiger partial charge is 0.0396 e. The molecule has 1 heterocycles. The number of hydrogen-bond donors (Lipinski definition) is 0. The lowest BCUT2D eigenvalue weighted by Crippen LogP contribution is -2.24. The van der Waals surface area contributed by atoms with Gasteiger partial charge in [0.1, 0.15) is 0 Å². The van der Waals surface area contributed by atoms with Crippen LogP contribution in [0.1, 0.15) is 12.0 Å². The molecule has 12 heavy (non-hydrogen) atoms. The zero-order chi connectivity index (χ0) is 7.68. The third-order valence-corrected chi connectivity index (χ3v) is 2.34. The summed E-state index contributed by atoms with van der Waals surface area (Å²) in [4.78, 5) is 2.33. The highest BCUT2D eigenvalue weighted by Gasteiger charge is 2.11. The van der Waals surface area contributed by atoms with Crippen LogP contribution in [0.5, 0.6) is 0 Å². The molecule has 0 aromatic heterocycles. The minimum Gasteiger partial charge on any atom is -0.374 e. The summed E-state index contributed by atoms with van der Waals surface area (Å²) < 4.78 is 0. The first-order chi connectivity index (χ1) is 5.38. The first-order valence-electron chi connectivity index (χ1n) is 4.17. The molecule has 1 aromatic rings. The van der Waals surface area contributed by atoms with Crippen molar-refractivity contribution >= 4 is 29.7 Å². The van der Waals surface area contributed by atoms with Gasteiger partial charge in [0.15, 0.2) is 0 Å². The number of rotatable bonds is 0. The van der Waals surface area contributed by atoms with Crippen LogP contribution in [0.3, 0.4) is 0 Å². The molecular formula is C10H14IN. The van der Waals surface area contributed by atoms with E-state index in [9.17, 15) is 0 Å². The molecule has 0 amide bonds. The van der Waals surface area contributed by atoms with E-state index < -0.39 is 0 Å². The van der Waals surface area contributed by atoms with Gasteiger partial charge in [-0.3, -0.25) is 0 Å². The normalized spacial score (nSPS) is 14.9. The summed E-state index contributed by atoms with van der Waals surface area (Å²) in [5, 5.41) is 0. The zero-order valence-electron chi connectivity index (χ0n) is 7.29. The molecule has 0 saturated carbocycles. The van der Waals surface area contributed by atoms with E-state index in [1.807, 2.05) is 0 Å². The van der Waals surface area contributed by atoms with E-state index in [0.29, 0.717) is 0 Å². The second kappa shape index (κ2) is 4.12. The minimum absolute atomic E-state index is 0. The van der Waals surface area contributed by atoms with E-state index in [2.05, 4.69) is 36.2 Å². The third kappa shape index (κ3) is 1.73. The van der Waals surface area contributed by atoms with Gasteiger partial charge in [-0.1, -0.05) is 18.2 Å². The van der Waals surface area contributed by atoms with Crippen LogP contribution in [-0.2, 0) is 6.42 Å². The fourth-order valence-corrected chi connectivity index (χ4v) is 1.72. The molecule has 0 unspecified atom stereocenters. The molecular weight excluding hydrogens is 261 g/mol. The summed E-state index contributed by atoms with van der Waals surface area (Å²) in [6.07, 6.45) is 2.55. The number of aryl methyl sites for hydroxylation is 1. The maximum atomic E-state index is 2.33. The number of nitrogens with zero attached hydrogens (tertiary/aromatic N) is 1. The highest BCUT2D eigenvalue weighted by atomic mass is 127. The van der Waals surface area contributed by atoms with Crippen LogP contribution in [-0.4, -0.2) is 13.6 Å². The van der Waals surface area contributed by atoms with Gasteiger partial charge in [0.2, 0.25) is 0 Å². The van der Waals surface area contributed by atoms with Gasteiger partial charge in [-0.05, 0) is 24.5 Å². The fourth-order valence-electron chi connectivity index (χ4n) is 1.72. The molecule has 0 fully saturated rings. The fraction of sp³-hybridized carbons (Fsp3) is 0.400. The predicted octanol–water partition coefficient (Wildman–Crippen LogP) is 2.69. The largest absolute Gasteiger partial charge is 0.374 e. The van der Waals surface area contributed by atoms with E-state index in [0.717, 1.165) is 0 Å². The number of anilines is 1. The van der Waals surface area contributed by atoms with Crippen LogP contribution in [0.25, 0.3) is 0 Å². The average molecular weight is 275 g/mol. The van der Waals surface area contributed by atoms with Gasteiger partial charge in [-0.25, -0.2) is 0 Å². The monoisotopic (exact) mass is 275 g/mol. The Morgan fingerprint density at radius 1 is 1.25 bits per heavy atom. The lowest BCUT2D eigenvalue weighted by Gasteiger charge is -2.26. The summed E-state index contributed by atoms with van der Waals surface area (Å²) in [7, 11) is 2.16. The molecule has 2 rings (SSSR count). The number of halogens is 1. The summed E-state index contributed by atoms with van der Waals surface area (Å²) in [6, 6.07) is 8.66. The van der Waals surface area contributed by atoms with Gasteiger partial charge >= 0.3 is 0 Å². The SMILES string of the molecule is CN1CCCc2ccccc21.I.